The number of amides is 4. The van der Waals surface area contributed by atoms with Crippen LogP contribution >= 0.6 is 0 Å². The van der Waals surface area contributed by atoms with Crippen molar-refractivity contribution in [3.63, 3.8) is 0 Å². The first-order valence-corrected chi connectivity index (χ1v) is 22.0. The highest BCUT2D eigenvalue weighted by Gasteiger charge is 2.20. The maximum Gasteiger partial charge on any atom is 0.326 e. The zero-order valence-electron chi connectivity index (χ0n) is 36.6. The smallest absolute Gasteiger partial charge is 0.326 e. The van der Waals surface area contributed by atoms with E-state index in [1.165, 1.54) is 51.9 Å². The third-order valence-corrected chi connectivity index (χ3v) is 8.93. The van der Waals surface area contributed by atoms with Gasteiger partial charge < -0.3 is 59.9 Å². The summed E-state index contributed by atoms with van der Waals surface area (Å²) in [5, 5.41) is 28.6. The summed E-state index contributed by atoms with van der Waals surface area (Å²) >= 11 is 0. The molecule has 0 aliphatic rings. The zero-order chi connectivity index (χ0) is 45.0. The summed E-state index contributed by atoms with van der Waals surface area (Å²) < 4.78 is 31.6. The van der Waals surface area contributed by atoms with Crippen LogP contribution in [-0.4, -0.2) is 157 Å². The van der Waals surface area contributed by atoms with Gasteiger partial charge in [-0.25, -0.2) is 4.79 Å². The van der Waals surface area contributed by atoms with Crippen molar-refractivity contribution in [2.45, 2.75) is 129 Å². The minimum atomic E-state index is -1.19. The van der Waals surface area contributed by atoms with Gasteiger partial charge in [0.05, 0.1) is 59.5 Å². The Morgan fingerprint density at radius 1 is 0.410 bits per heavy atom. The highest BCUT2D eigenvalue weighted by atomic mass is 16.5. The number of hydrogen-bond acceptors (Lipinski definition) is 13. The van der Waals surface area contributed by atoms with E-state index >= 15 is 0 Å². The van der Waals surface area contributed by atoms with Crippen molar-refractivity contribution in [3.8, 4) is 0 Å². The number of carboxylic acid groups (broad SMARTS) is 2. The Balaban J connectivity index is 3.62. The number of ether oxygens (including phenoxy) is 6. The second kappa shape index (κ2) is 42.9. The lowest BCUT2D eigenvalue weighted by atomic mass is 10.0. The zero-order valence-corrected chi connectivity index (χ0v) is 36.6. The number of carbonyl (C=O) groups is 7. The fraction of sp³-hybridized carbons (Fsp3) is 0.833. The van der Waals surface area contributed by atoms with E-state index in [0.717, 1.165) is 38.5 Å². The Bertz CT molecular complexity index is 1180. The van der Waals surface area contributed by atoms with Gasteiger partial charge in [-0.1, -0.05) is 77.0 Å². The summed E-state index contributed by atoms with van der Waals surface area (Å²) in [4.78, 5) is 81.0. The lowest BCUT2D eigenvalue weighted by molar-refractivity contribution is -0.142. The molecule has 354 valence electrons. The molecular weight excluding hydrogens is 800 g/mol. The van der Waals surface area contributed by atoms with Gasteiger partial charge in [-0.3, -0.25) is 28.8 Å². The number of unbranched alkanes of at least 4 members (excludes halogenated alkanes) is 13. The molecule has 0 saturated heterocycles. The van der Waals surface area contributed by atoms with Gasteiger partial charge in [0, 0.05) is 38.9 Å². The SMILES string of the molecule is CC(=O)COCCOCCNC(=O)COCCOCCNC(=O)COCCOCCNC(=O)CC[C@H](NC(=O)CCCCCCCCCCCCCCCCC(=O)O)C(=O)O. The molecule has 0 aliphatic heterocycles. The molecule has 6 N–H and O–H groups in total. The number of ketones is 1. The summed E-state index contributed by atoms with van der Waals surface area (Å²) in [6, 6.07) is -1.14. The van der Waals surface area contributed by atoms with E-state index in [0.29, 0.717) is 32.8 Å². The fourth-order valence-corrected chi connectivity index (χ4v) is 5.67. The second-order valence-corrected chi connectivity index (χ2v) is 14.6. The van der Waals surface area contributed by atoms with E-state index < -0.39 is 18.0 Å². The lowest BCUT2D eigenvalue weighted by Crippen LogP contribution is -2.41. The van der Waals surface area contributed by atoms with E-state index in [1.807, 2.05) is 0 Å². The molecule has 0 fully saturated rings. The normalized spacial score (nSPS) is 11.5. The van der Waals surface area contributed by atoms with Gasteiger partial charge in [-0.15, -0.1) is 0 Å². The highest BCUT2D eigenvalue weighted by molar-refractivity contribution is 5.84. The molecule has 0 aromatic carbocycles. The standard InChI is InChI=1S/C42H76N4O15/c1-35(47)32-59-29-26-57-24-21-44-39(50)34-61-31-28-58-25-22-45-40(51)33-60-30-27-56-23-20-43-37(48)19-18-36(42(54)55)46-38(49)16-14-12-10-8-6-4-2-3-5-7-9-11-13-15-17-41(52)53/h36H,2-34H2,1H3,(H,43,48)(H,44,50)(H,45,51)(H,46,49)(H,52,53)(H,54,55)/t36-/m0/s1. The van der Waals surface area contributed by atoms with Crippen molar-refractivity contribution in [2.75, 3.05) is 98.9 Å². The van der Waals surface area contributed by atoms with E-state index in [1.54, 1.807) is 0 Å². The average Bonchev–Trinajstić information content (AvgIpc) is 3.21. The van der Waals surface area contributed by atoms with Crippen LogP contribution < -0.4 is 21.3 Å². The molecular formula is C42H76N4O15. The first-order chi connectivity index (χ1) is 29.5. The lowest BCUT2D eigenvalue weighted by Gasteiger charge is -2.14. The molecule has 4 amide bonds. The maximum atomic E-state index is 12.3. The maximum absolute atomic E-state index is 12.3. The number of nitrogens with one attached hydrogen (secondary N) is 4. The molecule has 0 unspecified atom stereocenters. The van der Waals surface area contributed by atoms with Gasteiger partial charge in [0.1, 0.15) is 25.9 Å². The number of carboxylic acids is 2. The van der Waals surface area contributed by atoms with Gasteiger partial charge in [0.25, 0.3) is 0 Å². The quantitative estimate of drug-likeness (QED) is 0.0481. The summed E-state index contributed by atoms with van der Waals surface area (Å²) in [5.74, 6) is -3.26. The predicted molar refractivity (Wildman–Crippen MR) is 225 cm³/mol. The molecule has 19 nitrogen and oxygen atoms in total. The van der Waals surface area contributed by atoms with Crippen LogP contribution in [0.15, 0.2) is 0 Å². The van der Waals surface area contributed by atoms with Crippen molar-refractivity contribution in [2.24, 2.45) is 0 Å². The van der Waals surface area contributed by atoms with Gasteiger partial charge in [-0.05, 0) is 26.2 Å². The van der Waals surface area contributed by atoms with Gasteiger partial charge in [0.15, 0.2) is 5.78 Å². The molecule has 61 heavy (non-hydrogen) atoms. The van der Waals surface area contributed by atoms with Crippen LogP contribution in [0.2, 0.25) is 0 Å². The molecule has 0 saturated carbocycles. The number of hydrogen-bond donors (Lipinski definition) is 6. The van der Waals surface area contributed by atoms with E-state index in [9.17, 15) is 38.7 Å². The molecule has 0 radical (unpaired) electrons. The van der Waals surface area contributed by atoms with Crippen LogP contribution in [0, 0.1) is 0 Å². The van der Waals surface area contributed by atoms with Crippen LogP contribution in [0.1, 0.15) is 122 Å². The van der Waals surface area contributed by atoms with Crippen LogP contribution in [0.4, 0.5) is 0 Å². The summed E-state index contributed by atoms with van der Waals surface area (Å²) in [5.41, 5.74) is 0. The third kappa shape index (κ3) is 44.1. The summed E-state index contributed by atoms with van der Waals surface area (Å²) in [6.45, 7) is 4.20. The molecule has 0 spiro atoms. The minimum absolute atomic E-state index is 0.0290. The van der Waals surface area contributed by atoms with E-state index in [4.69, 9.17) is 33.5 Å². The van der Waals surface area contributed by atoms with Gasteiger partial charge in [0.2, 0.25) is 23.6 Å². The Morgan fingerprint density at radius 2 is 0.770 bits per heavy atom. The Morgan fingerprint density at radius 3 is 1.16 bits per heavy atom. The van der Waals surface area contributed by atoms with E-state index in [2.05, 4.69) is 21.3 Å². The highest BCUT2D eigenvalue weighted by Crippen LogP contribution is 2.14. The molecule has 0 rings (SSSR count). The minimum Gasteiger partial charge on any atom is -0.481 e. The van der Waals surface area contributed by atoms with Crippen molar-refractivity contribution in [1.82, 2.24) is 21.3 Å². The molecule has 0 heterocycles. The van der Waals surface area contributed by atoms with Crippen molar-refractivity contribution in [1.29, 1.82) is 0 Å². The summed E-state index contributed by atoms with van der Waals surface area (Å²) in [7, 11) is 0. The molecule has 19 heteroatoms. The number of aliphatic carboxylic acids is 2. The van der Waals surface area contributed by atoms with Crippen LogP contribution in [0.3, 0.4) is 0 Å². The topological polar surface area (TPSA) is 263 Å². The third-order valence-electron chi connectivity index (χ3n) is 8.93. The summed E-state index contributed by atoms with van der Waals surface area (Å²) in [6.07, 6.45) is 15.5. The molecule has 1 atom stereocenters. The Labute approximate surface area is 361 Å². The largest absolute Gasteiger partial charge is 0.481 e. The Kier molecular flexibility index (Phi) is 40.3. The van der Waals surface area contributed by atoms with Crippen LogP contribution in [0.25, 0.3) is 0 Å². The Hall–Kier alpha value is -3.75. The monoisotopic (exact) mass is 877 g/mol. The van der Waals surface area contributed by atoms with Gasteiger partial charge in [-0.2, -0.15) is 0 Å². The van der Waals surface area contributed by atoms with Crippen molar-refractivity contribution >= 4 is 41.4 Å². The van der Waals surface area contributed by atoms with Crippen LogP contribution in [-0.2, 0) is 62.0 Å². The van der Waals surface area contributed by atoms with E-state index in [-0.39, 0.29) is 128 Å². The second-order valence-electron chi connectivity index (χ2n) is 14.6. The van der Waals surface area contributed by atoms with Crippen molar-refractivity contribution in [3.05, 3.63) is 0 Å². The van der Waals surface area contributed by atoms with Gasteiger partial charge >= 0.3 is 11.9 Å². The molecule has 0 aromatic heterocycles. The fourth-order valence-electron chi connectivity index (χ4n) is 5.67. The predicted octanol–water partition coefficient (Wildman–Crippen LogP) is 2.70. The first kappa shape index (κ1) is 57.2. The molecule has 0 bridgehead atoms. The average molecular weight is 877 g/mol. The number of carbonyl (C=O) groups excluding carboxylic acids is 5. The number of Topliss-reactive ketones (excluding diaryl/α,β-unsaturated/α-hetero) is 1. The molecule has 0 aliphatic carbocycles. The number of rotatable bonds is 46. The van der Waals surface area contributed by atoms with Crippen molar-refractivity contribution < 1.29 is 72.2 Å². The first-order valence-electron chi connectivity index (χ1n) is 22.0. The molecule has 0 aromatic rings. The van der Waals surface area contributed by atoms with Crippen LogP contribution in [0.5, 0.6) is 0 Å².